The van der Waals surface area contributed by atoms with Crippen molar-refractivity contribution in [1.82, 2.24) is 4.90 Å². The summed E-state index contributed by atoms with van der Waals surface area (Å²) in [6, 6.07) is 11.5. The predicted octanol–water partition coefficient (Wildman–Crippen LogP) is 3.88. The molecule has 3 heterocycles. The highest BCUT2D eigenvalue weighted by Crippen LogP contribution is 2.34. The van der Waals surface area contributed by atoms with Gasteiger partial charge in [0.25, 0.3) is 5.91 Å². The highest BCUT2D eigenvalue weighted by atomic mass is 79.9. The van der Waals surface area contributed by atoms with E-state index < -0.39 is 0 Å². The van der Waals surface area contributed by atoms with E-state index in [-0.39, 0.29) is 17.7 Å². The number of likely N-dealkylation sites (tertiary alicyclic amines) is 1. The number of amidine groups is 1. The fraction of sp³-hybridized carbons (Fsp3) is 0.250. The predicted molar refractivity (Wildman–Crippen MR) is 113 cm³/mol. The molecule has 0 radical (unpaired) electrons. The number of nitrogens with two attached hydrogens (primary N) is 1. The van der Waals surface area contributed by atoms with E-state index in [9.17, 15) is 9.59 Å². The molecule has 0 saturated carbocycles. The van der Waals surface area contributed by atoms with Crippen LogP contribution in [0.3, 0.4) is 0 Å². The van der Waals surface area contributed by atoms with Crippen LogP contribution in [0.15, 0.2) is 55.2 Å². The van der Waals surface area contributed by atoms with Gasteiger partial charge < -0.3 is 15.1 Å². The second-order valence-corrected chi connectivity index (χ2v) is 8.52. The van der Waals surface area contributed by atoms with E-state index in [1.54, 1.807) is 6.08 Å². The number of primary amides is 1. The fourth-order valence-corrected chi connectivity index (χ4v) is 4.68. The molecule has 0 bridgehead atoms. The third kappa shape index (κ3) is 3.93. The monoisotopic (exact) mass is 459 g/mol. The van der Waals surface area contributed by atoms with Crippen molar-refractivity contribution >= 4 is 50.7 Å². The normalized spacial score (nSPS) is 19.3. The Hall–Kier alpha value is -2.32. The van der Waals surface area contributed by atoms with Crippen molar-refractivity contribution in [3.8, 4) is 11.3 Å². The van der Waals surface area contributed by atoms with Crippen molar-refractivity contribution in [1.29, 1.82) is 0 Å². The number of amides is 2. The van der Waals surface area contributed by atoms with E-state index in [1.807, 2.05) is 41.3 Å². The van der Waals surface area contributed by atoms with Gasteiger partial charge in [-0.05, 0) is 42.8 Å². The van der Waals surface area contributed by atoms with Crippen molar-refractivity contribution in [3.05, 3.63) is 51.5 Å². The number of hydrogen-bond donors (Lipinski definition) is 1. The average Bonchev–Trinajstić information content (AvgIpc) is 3.30. The molecule has 1 aromatic heterocycles. The summed E-state index contributed by atoms with van der Waals surface area (Å²) in [7, 11) is 0. The van der Waals surface area contributed by atoms with E-state index in [4.69, 9.17) is 10.2 Å². The Morgan fingerprint density at radius 2 is 2.00 bits per heavy atom. The van der Waals surface area contributed by atoms with Crippen LogP contribution in [0.4, 0.5) is 0 Å². The third-order valence-corrected chi connectivity index (χ3v) is 6.55. The summed E-state index contributed by atoms with van der Waals surface area (Å²) < 4.78 is 6.84. The smallest absolute Gasteiger partial charge is 0.286 e. The minimum atomic E-state index is -0.268. The SMILES string of the molecule is NC(=O)C1CCN(C2=NC(=O)C(=Cc3ccc(-c4ccccc4Br)o3)S2)CC1. The highest BCUT2D eigenvalue weighted by molar-refractivity contribution is 9.10. The molecule has 2 amide bonds. The van der Waals surface area contributed by atoms with Gasteiger partial charge in [0.15, 0.2) is 5.17 Å². The van der Waals surface area contributed by atoms with Gasteiger partial charge in [-0.3, -0.25) is 9.59 Å². The van der Waals surface area contributed by atoms with Gasteiger partial charge in [-0.15, -0.1) is 0 Å². The molecule has 28 heavy (non-hydrogen) atoms. The minimum Gasteiger partial charge on any atom is -0.457 e. The largest absolute Gasteiger partial charge is 0.457 e. The molecule has 144 valence electrons. The Bertz CT molecular complexity index is 990. The number of hydrogen-bond acceptors (Lipinski definition) is 5. The maximum atomic E-state index is 12.3. The van der Waals surface area contributed by atoms with Gasteiger partial charge in [0.1, 0.15) is 11.5 Å². The molecule has 8 heteroatoms. The standard InChI is InChI=1S/C20H18BrN3O3S/c21-15-4-2-1-3-14(15)16-6-5-13(27-16)11-17-19(26)23-20(28-17)24-9-7-12(8-10-24)18(22)25/h1-6,11-12H,7-10H2,(H2,22,25). The summed E-state index contributed by atoms with van der Waals surface area (Å²) in [6.45, 7) is 1.35. The van der Waals surface area contributed by atoms with E-state index in [1.165, 1.54) is 11.8 Å². The lowest BCUT2D eigenvalue weighted by molar-refractivity contribution is -0.123. The first kappa shape index (κ1) is 19.0. The molecule has 4 rings (SSSR count). The van der Waals surface area contributed by atoms with E-state index in [2.05, 4.69) is 20.9 Å². The second-order valence-electron chi connectivity index (χ2n) is 6.66. The van der Waals surface area contributed by atoms with Crippen molar-refractivity contribution in [2.75, 3.05) is 13.1 Å². The number of carbonyl (C=O) groups is 2. The Morgan fingerprint density at radius 1 is 1.25 bits per heavy atom. The van der Waals surface area contributed by atoms with E-state index >= 15 is 0 Å². The van der Waals surface area contributed by atoms with Gasteiger partial charge in [0.2, 0.25) is 5.91 Å². The maximum absolute atomic E-state index is 12.3. The first-order valence-corrected chi connectivity index (χ1v) is 10.5. The molecule has 0 spiro atoms. The Balaban J connectivity index is 1.45. The molecule has 0 unspecified atom stereocenters. The lowest BCUT2D eigenvalue weighted by Gasteiger charge is -2.31. The van der Waals surface area contributed by atoms with Crippen molar-refractivity contribution in [3.63, 3.8) is 0 Å². The quantitative estimate of drug-likeness (QED) is 0.703. The van der Waals surface area contributed by atoms with Crippen LogP contribution >= 0.6 is 27.7 Å². The van der Waals surface area contributed by atoms with E-state index in [0.717, 1.165) is 15.8 Å². The number of thioether (sulfide) groups is 1. The number of nitrogens with zero attached hydrogens (tertiary/aromatic N) is 2. The number of piperidine rings is 1. The summed E-state index contributed by atoms with van der Waals surface area (Å²) in [5, 5.41) is 0.678. The van der Waals surface area contributed by atoms with Gasteiger partial charge in [-0.2, -0.15) is 4.99 Å². The molecule has 1 fully saturated rings. The number of halogens is 1. The van der Waals surface area contributed by atoms with Crippen LogP contribution in [0.5, 0.6) is 0 Å². The first-order valence-electron chi connectivity index (χ1n) is 8.93. The lowest BCUT2D eigenvalue weighted by Crippen LogP contribution is -2.40. The lowest BCUT2D eigenvalue weighted by atomic mass is 9.97. The zero-order chi connectivity index (χ0) is 19.7. The molecule has 2 N–H and O–H groups in total. The number of furan rings is 1. The zero-order valence-electron chi connectivity index (χ0n) is 14.9. The first-order chi connectivity index (χ1) is 13.5. The summed E-state index contributed by atoms with van der Waals surface area (Å²) in [5.41, 5.74) is 6.33. The number of rotatable bonds is 3. The van der Waals surface area contributed by atoms with Crippen LogP contribution in [-0.4, -0.2) is 35.0 Å². The molecule has 0 atom stereocenters. The fourth-order valence-electron chi connectivity index (χ4n) is 3.25. The Morgan fingerprint density at radius 3 is 2.71 bits per heavy atom. The van der Waals surface area contributed by atoms with Gasteiger partial charge in [-0.1, -0.05) is 34.1 Å². The van der Waals surface area contributed by atoms with Gasteiger partial charge >= 0.3 is 0 Å². The molecule has 2 aromatic rings. The van der Waals surface area contributed by atoms with Crippen LogP contribution in [0.1, 0.15) is 18.6 Å². The third-order valence-electron chi connectivity index (χ3n) is 4.82. The van der Waals surface area contributed by atoms with Crippen LogP contribution in [0.2, 0.25) is 0 Å². The van der Waals surface area contributed by atoms with Crippen LogP contribution in [0, 0.1) is 5.92 Å². The summed E-state index contributed by atoms with van der Waals surface area (Å²) >= 11 is 4.86. The van der Waals surface area contributed by atoms with Crippen LogP contribution < -0.4 is 5.73 Å². The molecule has 1 saturated heterocycles. The Labute approximate surface area is 175 Å². The summed E-state index contributed by atoms with van der Waals surface area (Å²) in [6.07, 6.45) is 3.10. The van der Waals surface area contributed by atoms with E-state index in [0.29, 0.717) is 41.8 Å². The zero-order valence-corrected chi connectivity index (χ0v) is 17.3. The molecular formula is C20H18BrN3O3S. The van der Waals surface area contributed by atoms with Crippen LogP contribution in [-0.2, 0) is 9.59 Å². The van der Waals surface area contributed by atoms with Crippen molar-refractivity contribution < 1.29 is 14.0 Å². The average molecular weight is 460 g/mol. The molecule has 1 aromatic carbocycles. The van der Waals surface area contributed by atoms with Gasteiger partial charge in [-0.25, -0.2) is 0 Å². The van der Waals surface area contributed by atoms with Gasteiger partial charge in [0.05, 0.1) is 4.91 Å². The topological polar surface area (TPSA) is 88.9 Å². The molecule has 2 aliphatic heterocycles. The Kier molecular flexibility index (Phi) is 5.41. The number of carbonyl (C=O) groups excluding carboxylic acids is 2. The maximum Gasteiger partial charge on any atom is 0.286 e. The highest BCUT2D eigenvalue weighted by Gasteiger charge is 2.30. The molecule has 0 aliphatic carbocycles. The van der Waals surface area contributed by atoms with Crippen LogP contribution in [0.25, 0.3) is 17.4 Å². The van der Waals surface area contributed by atoms with Gasteiger partial charge in [0, 0.05) is 35.1 Å². The summed E-state index contributed by atoms with van der Waals surface area (Å²) in [5.74, 6) is 0.717. The van der Waals surface area contributed by atoms with Crippen molar-refractivity contribution in [2.24, 2.45) is 16.6 Å². The molecule has 6 nitrogen and oxygen atoms in total. The second kappa shape index (κ2) is 7.97. The number of aliphatic imine (C=N–C) groups is 1. The molecular weight excluding hydrogens is 442 g/mol. The molecule has 2 aliphatic rings. The summed E-state index contributed by atoms with van der Waals surface area (Å²) in [4.78, 5) is 30.4. The number of benzene rings is 1. The van der Waals surface area contributed by atoms with Crippen molar-refractivity contribution in [2.45, 2.75) is 12.8 Å². The minimum absolute atomic E-state index is 0.0900.